The van der Waals surface area contributed by atoms with Gasteiger partial charge in [-0.1, -0.05) is 36.6 Å². The fourth-order valence-electron chi connectivity index (χ4n) is 7.64. The molecular weight excluding hydrogens is 526 g/mol. The molecule has 2 aromatic rings. The number of aryl methyl sites for hydroxylation is 1. The molecule has 3 atom stereocenters. The second-order valence-electron chi connectivity index (χ2n) is 13.2. The van der Waals surface area contributed by atoms with Gasteiger partial charge in [0.1, 0.15) is 18.1 Å². The fraction of sp³-hybridized carbons (Fsp3) is 0.677. The van der Waals surface area contributed by atoms with Crippen molar-refractivity contribution < 1.29 is 14.3 Å². The quantitative estimate of drug-likeness (QED) is 0.461. The highest BCUT2D eigenvalue weighted by Gasteiger charge is 2.52. The summed E-state index contributed by atoms with van der Waals surface area (Å²) in [5.74, 6) is 2.09. The van der Waals surface area contributed by atoms with Gasteiger partial charge in [0, 0.05) is 55.5 Å². The Morgan fingerprint density at radius 2 is 1.98 bits per heavy atom. The lowest BCUT2D eigenvalue weighted by atomic mass is 9.78. The van der Waals surface area contributed by atoms with Gasteiger partial charge < -0.3 is 14.5 Å². The Hall–Kier alpha value is -2.61. The number of aromatic nitrogens is 3. The summed E-state index contributed by atoms with van der Waals surface area (Å²) in [7, 11) is 1.94. The predicted molar refractivity (Wildman–Crippen MR) is 151 cm³/mol. The van der Waals surface area contributed by atoms with Crippen LogP contribution in [-0.2, 0) is 29.7 Å². The number of rotatable bonds is 7. The van der Waals surface area contributed by atoms with E-state index in [-0.39, 0.29) is 29.2 Å². The van der Waals surface area contributed by atoms with E-state index in [0.29, 0.717) is 49.4 Å². The zero-order valence-electron chi connectivity index (χ0n) is 23.7. The number of ether oxygens (including phenoxy) is 1. The standard InChI is InChI=1S/C31H40ClN5O3/c1-19-5-3-4-6-21(19)30(39)37-14-11-22-23(32)9-10-26(40-17-24-29(20-7-8-20)35(2)34-33-24)28(22)25(37)16-36-18-31(12-13-31)15-27(36)38/h9-10,19-21,25H,3-8,11-18H2,1-2H3/t19-,21+,25+/m0/s1. The number of nitrogens with zero attached hydrogens (tertiary/aromatic N) is 5. The topological polar surface area (TPSA) is 80.6 Å². The molecule has 0 radical (unpaired) electrons. The van der Waals surface area contributed by atoms with E-state index in [1.54, 1.807) is 0 Å². The first kappa shape index (κ1) is 26.3. The Morgan fingerprint density at radius 1 is 1.18 bits per heavy atom. The maximum atomic E-state index is 14.2. The first-order valence-corrected chi connectivity index (χ1v) is 15.6. The van der Waals surface area contributed by atoms with Gasteiger partial charge in [-0.2, -0.15) is 0 Å². The number of likely N-dealkylation sites (tertiary alicyclic amines) is 1. The predicted octanol–water partition coefficient (Wildman–Crippen LogP) is 5.19. The fourth-order valence-corrected chi connectivity index (χ4v) is 7.90. The first-order valence-electron chi connectivity index (χ1n) is 15.2. The lowest BCUT2D eigenvalue weighted by Crippen LogP contribution is -2.49. The van der Waals surface area contributed by atoms with Crippen molar-refractivity contribution in [2.75, 3.05) is 19.6 Å². The molecular formula is C31H40ClN5O3. The van der Waals surface area contributed by atoms with Crippen LogP contribution in [0.25, 0.3) is 0 Å². The Morgan fingerprint density at radius 3 is 2.70 bits per heavy atom. The SMILES string of the molecule is C[C@H]1CCCC[C@H]1C(=O)N1CCc2c(Cl)ccc(OCc3nnn(C)c3C3CC3)c2[C@H]1CN1CC2(CC2)CC1=O. The van der Waals surface area contributed by atoms with E-state index in [4.69, 9.17) is 16.3 Å². The minimum Gasteiger partial charge on any atom is -0.487 e. The number of hydrogen-bond donors (Lipinski definition) is 0. The third-order valence-electron chi connectivity index (χ3n) is 10.3. The lowest BCUT2D eigenvalue weighted by molar-refractivity contribution is -0.143. The molecule has 1 aromatic carbocycles. The van der Waals surface area contributed by atoms with Gasteiger partial charge in [0.2, 0.25) is 11.8 Å². The van der Waals surface area contributed by atoms with Crippen molar-refractivity contribution in [1.82, 2.24) is 24.8 Å². The van der Waals surface area contributed by atoms with E-state index in [1.165, 1.54) is 6.42 Å². The summed E-state index contributed by atoms with van der Waals surface area (Å²) in [6.45, 7) is 4.45. The van der Waals surface area contributed by atoms with Crippen LogP contribution in [0.2, 0.25) is 5.02 Å². The van der Waals surface area contributed by atoms with Crippen molar-refractivity contribution >= 4 is 23.4 Å². The molecule has 214 valence electrons. The summed E-state index contributed by atoms with van der Waals surface area (Å²) in [5, 5.41) is 9.38. The largest absolute Gasteiger partial charge is 0.487 e. The molecule has 3 saturated carbocycles. The Kier molecular flexibility index (Phi) is 6.60. The van der Waals surface area contributed by atoms with E-state index < -0.39 is 0 Å². The molecule has 0 bridgehead atoms. The summed E-state index contributed by atoms with van der Waals surface area (Å²) in [6, 6.07) is 3.57. The molecule has 40 heavy (non-hydrogen) atoms. The number of fused-ring (bicyclic) bond motifs is 1. The minimum absolute atomic E-state index is 0.0334. The molecule has 9 heteroatoms. The Labute approximate surface area is 241 Å². The number of halogens is 1. The molecule has 4 fully saturated rings. The summed E-state index contributed by atoms with van der Waals surface area (Å²) in [6.07, 6.45) is 10.2. The van der Waals surface area contributed by atoms with Crippen LogP contribution in [-0.4, -0.2) is 56.2 Å². The van der Waals surface area contributed by atoms with Crippen LogP contribution < -0.4 is 4.74 Å². The average Bonchev–Trinajstić information content (AvgIpc) is 3.86. The lowest BCUT2D eigenvalue weighted by Gasteiger charge is -2.43. The molecule has 7 rings (SSSR count). The van der Waals surface area contributed by atoms with E-state index in [2.05, 4.69) is 22.1 Å². The van der Waals surface area contributed by atoms with Gasteiger partial charge in [-0.05, 0) is 74.0 Å². The van der Waals surface area contributed by atoms with Gasteiger partial charge in [-0.3, -0.25) is 14.3 Å². The molecule has 2 amide bonds. The molecule has 0 unspecified atom stereocenters. The zero-order valence-corrected chi connectivity index (χ0v) is 24.5. The third-order valence-corrected chi connectivity index (χ3v) is 10.7. The maximum absolute atomic E-state index is 14.2. The van der Waals surface area contributed by atoms with E-state index in [9.17, 15) is 9.59 Å². The smallest absolute Gasteiger partial charge is 0.226 e. The molecule has 3 aliphatic carbocycles. The van der Waals surface area contributed by atoms with Gasteiger partial charge in [0.15, 0.2) is 0 Å². The van der Waals surface area contributed by atoms with Crippen molar-refractivity contribution in [2.45, 2.75) is 89.7 Å². The van der Waals surface area contributed by atoms with Crippen LogP contribution in [0.5, 0.6) is 5.75 Å². The second-order valence-corrected chi connectivity index (χ2v) is 13.6. The number of benzene rings is 1. The molecule has 5 aliphatic rings. The Bertz CT molecular complexity index is 1330. The van der Waals surface area contributed by atoms with Gasteiger partial charge in [0.05, 0.1) is 11.7 Å². The number of carbonyl (C=O) groups is 2. The number of amides is 2. The van der Waals surface area contributed by atoms with Crippen LogP contribution in [0, 0.1) is 17.3 Å². The van der Waals surface area contributed by atoms with Crippen molar-refractivity contribution in [3.8, 4) is 5.75 Å². The highest BCUT2D eigenvalue weighted by atomic mass is 35.5. The molecule has 0 N–H and O–H groups in total. The highest BCUT2D eigenvalue weighted by molar-refractivity contribution is 6.31. The van der Waals surface area contributed by atoms with E-state index >= 15 is 0 Å². The van der Waals surface area contributed by atoms with Crippen LogP contribution in [0.3, 0.4) is 0 Å². The average molecular weight is 566 g/mol. The molecule has 1 saturated heterocycles. The van der Waals surface area contributed by atoms with Crippen molar-refractivity contribution in [1.29, 1.82) is 0 Å². The monoisotopic (exact) mass is 565 g/mol. The Balaban J connectivity index is 1.23. The van der Waals surface area contributed by atoms with Gasteiger partial charge in [-0.15, -0.1) is 5.10 Å². The number of hydrogen-bond acceptors (Lipinski definition) is 5. The van der Waals surface area contributed by atoms with Crippen molar-refractivity contribution in [2.24, 2.45) is 24.3 Å². The second kappa shape index (κ2) is 10.0. The zero-order chi connectivity index (χ0) is 27.6. The molecule has 3 heterocycles. The molecule has 1 spiro atoms. The van der Waals surface area contributed by atoms with Crippen LogP contribution in [0.15, 0.2) is 12.1 Å². The third kappa shape index (κ3) is 4.70. The maximum Gasteiger partial charge on any atom is 0.226 e. The normalized spacial score (nSPS) is 27.3. The minimum atomic E-state index is -0.276. The summed E-state index contributed by atoms with van der Waals surface area (Å²) in [5.41, 5.74) is 4.20. The highest BCUT2D eigenvalue weighted by Crippen LogP contribution is 2.54. The molecule has 8 nitrogen and oxygen atoms in total. The van der Waals surface area contributed by atoms with Crippen molar-refractivity contribution in [3.63, 3.8) is 0 Å². The van der Waals surface area contributed by atoms with E-state index in [1.807, 2.05) is 28.8 Å². The van der Waals surface area contributed by atoms with Gasteiger partial charge in [0.25, 0.3) is 0 Å². The first-order chi connectivity index (χ1) is 19.3. The summed E-state index contributed by atoms with van der Waals surface area (Å²) in [4.78, 5) is 31.5. The van der Waals surface area contributed by atoms with Crippen LogP contribution >= 0.6 is 11.6 Å². The molecule has 1 aromatic heterocycles. The van der Waals surface area contributed by atoms with Crippen molar-refractivity contribution in [3.05, 3.63) is 39.7 Å². The number of carbonyl (C=O) groups excluding carboxylic acids is 2. The van der Waals surface area contributed by atoms with Crippen LogP contribution in [0.1, 0.15) is 99.2 Å². The van der Waals surface area contributed by atoms with E-state index in [0.717, 1.165) is 79.8 Å². The molecule has 2 aliphatic heterocycles. The van der Waals surface area contributed by atoms with Gasteiger partial charge >= 0.3 is 0 Å². The van der Waals surface area contributed by atoms with Crippen LogP contribution in [0.4, 0.5) is 0 Å². The summed E-state index contributed by atoms with van der Waals surface area (Å²) < 4.78 is 8.40. The van der Waals surface area contributed by atoms with Gasteiger partial charge in [-0.25, -0.2) is 0 Å². The summed E-state index contributed by atoms with van der Waals surface area (Å²) >= 11 is 6.81.